The molecule has 0 saturated heterocycles. The molecule has 0 aromatic carbocycles. The minimum atomic E-state index is -3.15. The molecule has 6 heteroatoms. The smallest absolute Gasteiger partial charge is 0.211 e. The van der Waals surface area contributed by atoms with Crippen molar-refractivity contribution in [3.63, 3.8) is 0 Å². The van der Waals surface area contributed by atoms with Gasteiger partial charge in [-0.25, -0.2) is 13.1 Å². The van der Waals surface area contributed by atoms with E-state index < -0.39 is 10.0 Å². The third-order valence-corrected chi connectivity index (χ3v) is 6.14. The lowest BCUT2D eigenvalue weighted by Gasteiger charge is -2.13. The van der Waals surface area contributed by atoms with Crippen LogP contribution in [0.15, 0.2) is 12.1 Å². The Kier molecular flexibility index (Phi) is 6.22. The van der Waals surface area contributed by atoms with Crippen molar-refractivity contribution in [2.75, 3.05) is 12.3 Å². The third kappa shape index (κ3) is 6.91. The Bertz CT molecular complexity index is 536. The topological polar surface area (TPSA) is 58.2 Å². The van der Waals surface area contributed by atoms with Crippen LogP contribution >= 0.6 is 11.3 Å². The summed E-state index contributed by atoms with van der Waals surface area (Å²) in [7, 11) is -3.15. The lowest BCUT2D eigenvalue weighted by atomic mass is 10.2. The van der Waals surface area contributed by atoms with E-state index in [1.807, 2.05) is 6.92 Å². The standard InChI is InChI=1S/C15H26N2O2S2/c1-12(11-15-8-5-13(2)20-15)17-21(18,19)10-4-3-9-16-14-6-7-14/h5,8,12,14,16-17H,3-4,6-7,9-11H2,1-2H3. The van der Waals surface area contributed by atoms with Gasteiger partial charge in [0.2, 0.25) is 10.0 Å². The van der Waals surface area contributed by atoms with Crippen molar-refractivity contribution < 1.29 is 8.42 Å². The molecule has 1 fully saturated rings. The van der Waals surface area contributed by atoms with E-state index in [0.717, 1.165) is 25.8 Å². The summed E-state index contributed by atoms with van der Waals surface area (Å²) in [6.07, 6.45) is 4.97. The predicted molar refractivity (Wildman–Crippen MR) is 89.4 cm³/mol. The van der Waals surface area contributed by atoms with E-state index in [1.54, 1.807) is 11.3 Å². The van der Waals surface area contributed by atoms with Crippen LogP contribution in [0.25, 0.3) is 0 Å². The Morgan fingerprint density at radius 3 is 2.71 bits per heavy atom. The Balaban J connectivity index is 1.64. The summed E-state index contributed by atoms with van der Waals surface area (Å²) in [6.45, 7) is 4.93. The SMILES string of the molecule is Cc1ccc(CC(C)NS(=O)(=O)CCCCNC2CC2)s1. The highest BCUT2D eigenvalue weighted by atomic mass is 32.2. The molecule has 1 aliphatic rings. The zero-order chi connectivity index (χ0) is 15.3. The van der Waals surface area contributed by atoms with Gasteiger partial charge in [-0.1, -0.05) is 0 Å². The van der Waals surface area contributed by atoms with Gasteiger partial charge in [-0.05, 0) is 64.6 Å². The van der Waals surface area contributed by atoms with E-state index >= 15 is 0 Å². The van der Waals surface area contributed by atoms with E-state index in [0.29, 0.717) is 6.04 Å². The second kappa shape index (κ2) is 7.72. The molecule has 1 saturated carbocycles. The first-order valence-electron chi connectivity index (χ1n) is 7.73. The predicted octanol–water partition coefficient (Wildman–Crippen LogP) is 2.44. The van der Waals surface area contributed by atoms with Crippen molar-refractivity contribution in [2.24, 2.45) is 0 Å². The first kappa shape index (κ1) is 16.9. The number of hydrogen-bond acceptors (Lipinski definition) is 4. The molecular formula is C15H26N2O2S2. The van der Waals surface area contributed by atoms with E-state index in [-0.39, 0.29) is 11.8 Å². The fraction of sp³-hybridized carbons (Fsp3) is 0.733. The molecule has 0 amide bonds. The van der Waals surface area contributed by atoms with Crippen LogP contribution in [0, 0.1) is 6.92 Å². The summed E-state index contributed by atoms with van der Waals surface area (Å²) in [4.78, 5) is 2.50. The summed E-state index contributed by atoms with van der Waals surface area (Å²) in [5, 5.41) is 3.40. The minimum Gasteiger partial charge on any atom is -0.314 e. The average Bonchev–Trinajstić information content (AvgIpc) is 3.11. The Morgan fingerprint density at radius 2 is 2.10 bits per heavy atom. The number of hydrogen-bond donors (Lipinski definition) is 2. The maximum atomic E-state index is 12.0. The van der Waals surface area contributed by atoms with Crippen LogP contribution in [0.5, 0.6) is 0 Å². The Labute approximate surface area is 132 Å². The number of thiophene rings is 1. The van der Waals surface area contributed by atoms with Crippen molar-refractivity contribution in [3.8, 4) is 0 Å². The van der Waals surface area contributed by atoms with Crippen LogP contribution in [-0.4, -0.2) is 32.8 Å². The van der Waals surface area contributed by atoms with Crippen molar-refractivity contribution in [2.45, 2.75) is 58.0 Å². The molecule has 1 aromatic rings. The van der Waals surface area contributed by atoms with Gasteiger partial charge in [0.05, 0.1) is 5.75 Å². The van der Waals surface area contributed by atoms with Gasteiger partial charge in [0.1, 0.15) is 0 Å². The molecule has 4 nitrogen and oxygen atoms in total. The number of unbranched alkanes of at least 4 members (excludes halogenated alkanes) is 1. The molecule has 1 heterocycles. The molecule has 2 rings (SSSR count). The van der Waals surface area contributed by atoms with Gasteiger partial charge in [0.25, 0.3) is 0 Å². The molecule has 0 bridgehead atoms. The zero-order valence-corrected chi connectivity index (χ0v) is 14.5. The van der Waals surface area contributed by atoms with Gasteiger partial charge in [-0.3, -0.25) is 0 Å². The number of nitrogens with one attached hydrogen (secondary N) is 2. The molecule has 21 heavy (non-hydrogen) atoms. The highest BCUT2D eigenvalue weighted by Gasteiger charge is 2.20. The average molecular weight is 331 g/mol. The monoisotopic (exact) mass is 330 g/mol. The highest BCUT2D eigenvalue weighted by Crippen LogP contribution is 2.18. The molecule has 1 aliphatic carbocycles. The van der Waals surface area contributed by atoms with Gasteiger partial charge in [-0.2, -0.15) is 0 Å². The number of rotatable bonds is 10. The van der Waals surface area contributed by atoms with E-state index in [2.05, 4.69) is 29.1 Å². The molecule has 120 valence electrons. The quantitative estimate of drug-likeness (QED) is 0.648. The first-order valence-corrected chi connectivity index (χ1v) is 10.2. The van der Waals surface area contributed by atoms with Crippen LogP contribution in [0.4, 0.5) is 0 Å². The maximum Gasteiger partial charge on any atom is 0.211 e. The van der Waals surface area contributed by atoms with Crippen LogP contribution in [0.3, 0.4) is 0 Å². The molecule has 0 aliphatic heterocycles. The van der Waals surface area contributed by atoms with Gasteiger partial charge >= 0.3 is 0 Å². The largest absolute Gasteiger partial charge is 0.314 e. The summed E-state index contributed by atoms with van der Waals surface area (Å²) in [5.41, 5.74) is 0. The van der Waals surface area contributed by atoms with E-state index in [1.165, 1.54) is 22.6 Å². The van der Waals surface area contributed by atoms with Crippen molar-refractivity contribution in [1.82, 2.24) is 10.0 Å². The van der Waals surface area contributed by atoms with Crippen molar-refractivity contribution >= 4 is 21.4 Å². The number of sulfonamides is 1. The summed E-state index contributed by atoms with van der Waals surface area (Å²) in [5.74, 6) is 0.229. The maximum absolute atomic E-state index is 12.0. The van der Waals surface area contributed by atoms with E-state index in [9.17, 15) is 8.42 Å². The second-order valence-electron chi connectivity index (χ2n) is 5.99. The first-order chi connectivity index (χ1) is 9.94. The normalized spacial score (nSPS) is 17.0. The van der Waals surface area contributed by atoms with Gasteiger partial charge in [0.15, 0.2) is 0 Å². The molecule has 0 radical (unpaired) electrons. The van der Waals surface area contributed by atoms with Gasteiger partial charge < -0.3 is 5.32 Å². The zero-order valence-electron chi connectivity index (χ0n) is 12.9. The fourth-order valence-corrected chi connectivity index (χ4v) is 4.73. The minimum absolute atomic E-state index is 0.0439. The Hall–Kier alpha value is -0.430. The van der Waals surface area contributed by atoms with Crippen LogP contribution in [-0.2, 0) is 16.4 Å². The summed E-state index contributed by atoms with van der Waals surface area (Å²) >= 11 is 1.73. The summed E-state index contributed by atoms with van der Waals surface area (Å²) in [6, 6.07) is 4.81. The highest BCUT2D eigenvalue weighted by molar-refractivity contribution is 7.89. The fourth-order valence-electron chi connectivity index (χ4n) is 2.31. The Morgan fingerprint density at radius 1 is 1.33 bits per heavy atom. The molecular weight excluding hydrogens is 304 g/mol. The van der Waals surface area contributed by atoms with Crippen LogP contribution in [0.1, 0.15) is 42.4 Å². The molecule has 1 aromatic heterocycles. The van der Waals surface area contributed by atoms with E-state index in [4.69, 9.17) is 0 Å². The van der Waals surface area contributed by atoms with Gasteiger partial charge in [-0.15, -0.1) is 11.3 Å². The van der Waals surface area contributed by atoms with Gasteiger partial charge in [0, 0.05) is 21.8 Å². The molecule has 2 N–H and O–H groups in total. The summed E-state index contributed by atoms with van der Waals surface area (Å²) < 4.78 is 26.8. The molecule has 1 unspecified atom stereocenters. The second-order valence-corrected chi connectivity index (χ2v) is 9.24. The lowest BCUT2D eigenvalue weighted by Crippen LogP contribution is -2.35. The van der Waals surface area contributed by atoms with Crippen LogP contribution in [0.2, 0.25) is 0 Å². The van der Waals surface area contributed by atoms with Crippen molar-refractivity contribution in [3.05, 3.63) is 21.9 Å². The molecule has 0 spiro atoms. The van der Waals surface area contributed by atoms with Crippen LogP contribution < -0.4 is 10.0 Å². The van der Waals surface area contributed by atoms with Crippen molar-refractivity contribution in [1.29, 1.82) is 0 Å². The number of aryl methyl sites for hydroxylation is 1. The lowest BCUT2D eigenvalue weighted by molar-refractivity contribution is 0.554. The molecule has 1 atom stereocenters. The third-order valence-electron chi connectivity index (χ3n) is 3.53.